The molecular weight excluding hydrogens is 282 g/mol. The molecule has 3 heterocycles. The fourth-order valence-corrected chi connectivity index (χ4v) is 4.58. The van der Waals surface area contributed by atoms with Crippen LogP contribution < -0.4 is 10.6 Å². The molecule has 4 rings (SSSR count). The third-order valence-electron chi connectivity index (χ3n) is 4.59. The van der Waals surface area contributed by atoms with Gasteiger partial charge in [-0.3, -0.25) is 4.79 Å². The Balaban J connectivity index is 1.39. The van der Waals surface area contributed by atoms with Crippen molar-refractivity contribution in [3.05, 3.63) is 24.3 Å². The number of thiazole rings is 1. The first kappa shape index (κ1) is 13.2. The number of fused-ring (bicyclic) bond motifs is 3. The predicted octanol–water partition coefficient (Wildman–Crippen LogP) is 3.16. The summed E-state index contributed by atoms with van der Waals surface area (Å²) in [5, 5.41) is 7.32. The second kappa shape index (κ2) is 5.39. The van der Waals surface area contributed by atoms with Crippen LogP contribution in [0.5, 0.6) is 0 Å². The number of nitrogens with one attached hydrogen (secondary N) is 2. The lowest BCUT2D eigenvalue weighted by Crippen LogP contribution is -2.39. The van der Waals surface area contributed by atoms with E-state index < -0.39 is 0 Å². The number of amides is 1. The first-order chi connectivity index (χ1) is 10.3. The SMILES string of the molecule is O=C(CC1CC2CCC(C1)N2)Nc1nc2ccccc2s1. The molecule has 4 nitrogen and oxygen atoms in total. The maximum absolute atomic E-state index is 12.2. The van der Waals surface area contributed by atoms with E-state index in [1.807, 2.05) is 24.3 Å². The highest BCUT2D eigenvalue weighted by Gasteiger charge is 2.34. The Morgan fingerprint density at radius 2 is 2.05 bits per heavy atom. The Bertz CT molecular complexity index is 623. The molecule has 1 aromatic heterocycles. The van der Waals surface area contributed by atoms with Crippen molar-refractivity contribution in [3.8, 4) is 0 Å². The van der Waals surface area contributed by atoms with Crippen molar-refractivity contribution in [2.75, 3.05) is 5.32 Å². The molecule has 2 aliphatic heterocycles. The Morgan fingerprint density at radius 1 is 1.29 bits per heavy atom. The summed E-state index contributed by atoms with van der Waals surface area (Å²) in [6, 6.07) is 9.27. The number of hydrogen-bond acceptors (Lipinski definition) is 4. The monoisotopic (exact) mass is 301 g/mol. The fraction of sp³-hybridized carbons (Fsp3) is 0.500. The second-order valence-electron chi connectivity index (χ2n) is 6.21. The molecule has 0 spiro atoms. The summed E-state index contributed by atoms with van der Waals surface area (Å²) in [5.74, 6) is 0.637. The Morgan fingerprint density at radius 3 is 2.81 bits per heavy atom. The quantitative estimate of drug-likeness (QED) is 0.915. The summed E-state index contributed by atoms with van der Waals surface area (Å²) >= 11 is 1.55. The smallest absolute Gasteiger partial charge is 0.226 e. The first-order valence-electron chi connectivity index (χ1n) is 7.68. The van der Waals surface area contributed by atoms with E-state index in [1.165, 1.54) is 12.8 Å². The molecule has 0 saturated carbocycles. The number of rotatable bonds is 3. The third kappa shape index (κ3) is 2.80. The minimum Gasteiger partial charge on any atom is -0.311 e. The number of aromatic nitrogens is 1. The third-order valence-corrected chi connectivity index (χ3v) is 5.54. The minimum atomic E-state index is 0.111. The van der Waals surface area contributed by atoms with E-state index in [0.717, 1.165) is 28.2 Å². The molecule has 2 fully saturated rings. The molecule has 1 amide bonds. The summed E-state index contributed by atoms with van der Waals surface area (Å²) in [4.78, 5) is 16.7. The number of carbonyl (C=O) groups excluding carboxylic acids is 1. The molecule has 2 unspecified atom stereocenters. The van der Waals surface area contributed by atoms with Crippen LogP contribution in [-0.4, -0.2) is 23.0 Å². The van der Waals surface area contributed by atoms with Gasteiger partial charge in [-0.2, -0.15) is 0 Å². The molecule has 2 N–H and O–H groups in total. The van der Waals surface area contributed by atoms with E-state index in [1.54, 1.807) is 11.3 Å². The van der Waals surface area contributed by atoms with Gasteiger partial charge in [-0.05, 0) is 43.7 Å². The number of anilines is 1. The van der Waals surface area contributed by atoms with Crippen molar-refractivity contribution in [1.82, 2.24) is 10.3 Å². The van der Waals surface area contributed by atoms with Gasteiger partial charge in [-0.15, -0.1) is 0 Å². The van der Waals surface area contributed by atoms with Crippen molar-refractivity contribution in [1.29, 1.82) is 0 Å². The topological polar surface area (TPSA) is 54.0 Å². The highest BCUT2D eigenvalue weighted by molar-refractivity contribution is 7.22. The molecule has 21 heavy (non-hydrogen) atoms. The van der Waals surface area contributed by atoms with Crippen LogP contribution in [0.4, 0.5) is 5.13 Å². The van der Waals surface area contributed by atoms with Gasteiger partial charge >= 0.3 is 0 Å². The van der Waals surface area contributed by atoms with Crippen LogP contribution >= 0.6 is 11.3 Å². The first-order valence-corrected chi connectivity index (χ1v) is 8.49. The number of benzene rings is 1. The van der Waals surface area contributed by atoms with E-state index in [0.29, 0.717) is 24.4 Å². The van der Waals surface area contributed by atoms with E-state index in [-0.39, 0.29) is 5.91 Å². The summed E-state index contributed by atoms with van der Waals surface area (Å²) in [6.07, 6.45) is 5.47. The molecule has 110 valence electrons. The summed E-state index contributed by atoms with van der Waals surface area (Å²) in [5.41, 5.74) is 0.956. The molecule has 2 aromatic rings. The van der Waals surface area contributed by atoms with Crippen LogP contribution in [-0.2, 0) is 4.79 Å². The van der Waals surface area contributed by atoms with Gasteiger partial charge in [0.25, 0.3) is 0 Å². The Hall–Kier alpha value is -1.46. The predicted molar refractivity (Wildman–Crippen MR) is 85.5 cm³/mol. The van der Waals surface area contributed by atoms with Gasteiger partial charge in [-0.1, -0.05) is 23.5 Å². The second-order valence-corrected chi connectivity index (χ2v) is 7.24. The number of nitrogens with zero attached hydrogens (tertiary/aromatic N) is 1. The molecule has 1 aromatic carbocycles. The number of para-hydroxylation sites is 1. The maximum Gasteiger partial charge on any atom is 0.226 e. The van der Waals surface area contributed by atoms with Crippen LogP contribution in [0.25, 0.3) is 10.2 Å². The lowest BCUT2D eigenvalue weighted by molar-refractivity contribution is -0.117. The van der Waals surface area contributed by atoms with Crippen LogP contribution in [0.1, 0.15) is 32.1 Å². The highest BCUT2D eigenvalue weighted by Crippen LogP contribution is 2.33. The average Bonchev–Trinajstić information content (AvgIpc) is 3.01. The molecular formula is C16H19N3OS. The van der Waals surface area contributed by atoms with Gasteiger partial charge < -0.3 is 10.6 Å². The summed E-state index contributed by atoms with van der Waals surface area (Å²) in [7, 11) is 0. The van der Waals surface area contributed by atoms with Gasteiger partial charge in [0.1, 0.15) is 0 Å². The Labute approximate surface area is 128 Å². The van der Waals surface area contributed by atoms with E-state index >= 15 is 0 Å². The van der Waals surface area contributed by atoms with Gasteiger partial charge in [0.2, 0.25) is 5.91 Å². The highest BCUT2D eigenvalue weighted by atomic mass is 32.1. The molecule has 2 aliphatic rings. The van der Waals surface area contributed by atoms with Gasteiger partial charge in [0.05, 0.1) is 10.2 Å². The van der Waals surface area contributed by atoms with Crippen molar-refractivity contribution in [3.63, 3.8) is 0 Å². The molecule has 2 atom stereocenters. The molecule has 0 aliphatic carbocycles. The standard InChI is InChI=1S/C16H19N3OS/c20-15(9-10-7-11-5-6-12(8-10)17-11)19-16-18-13-3-1-2-4-14(13)21-16/h1-4,10-12,17H,5-9H2,(H,18,19,20). The summed E-state index contributed by atoms with van der Waals surface area (Å²) < 4.78 is 1.12. The number of piperidine rings is 1. The van der Waals surface area contributed by atoms with E-state index in [9.17, 15) is 4.79 Å². The van der Waals surface area contributed by atoms with Crippen molar-refractivity contribution in [2.45, 2.75) is 44.2 Å². The zero-order valence-corrected chi connectivity index (χ0v) is 12.7. The lowest BCUT2D eigenvalue weighted by Gasteiger charge is -2.28. The van der Waals surface area contributed by atoms with Crippen LogP contribution in [0, 0.1) is 5.92 Å². The zero-order valence-electron chi connectivity index (χ0n) is 11.8. The maximum atomic E-state index is 12.2. The van der Waals surface area contributed by atoms with Crippen molar-refractivity contribution in [2.24, 2.45) is 5.92 Å². The average molecular weight is 301 g/mol. The number of hydrogen-bond donors (Lipinski definition) is 2. The number of carbonyl (C=O) groups is 1. The minimum absolute atomic E-state index is 0.111. The molecule has 2 bridgehead atoms. The summed E-state index contributed by atoms with van der Waals surface area (Å²) in [6.45, 7) is 0. The van der Waals surface area contributed by atoms with Gasteiger partial charge in [0.15, 0.2) is 5.13 Å². The van der Waals surface area contributed by atoms with Crippen molar-refractivity contribution >= 4 is 32.6 Å². The zero-order chi connectivity index (χ0) is 14.2. The Kier molecular flexibility index (Phi) is 3.39. The van der Waals surface area contributed by atoms with Crippen molar-refractivity contribution < 1.29 is 4.79 Å². The van der Waals surface area contributed by atoms with Crippen LogP contribution in [0.2, 0.25) is 0 Å². The molecule has 2 saturated heterocycles. The fourth-order valence-electron chi connectivity index (χ4n) is 3.70. The van der Waals surface area contributed by atoms with Crippen LogP contribution in [0.15, 0.2) is 24.3 Å². The normalized spacial score (nSPS) is 27.9. The molecule has 5 heteroatoms. The largest absolute Gasteiger partial charge is 0.311 e. The van der Waals surface area contributed by atoms with E-state index in [2.05, 4.69) is 15.6 Å². The van der Waals surface area contributed by atoms with E-state index in [4.69, 9.17) is 0 Å². The van der Waals surface area contributed by atoms with Crippen LogP contribution in [0.3, 0.4) is 0 Å². The van der Waals surface area contributed by atoms with Gasteiger partial charge in [-0.25, -0.2) is 4.98 Å². The molecule has 0 radical (unpaired) electrons. The van der Waals surface area contributed by atoms with Gasteiger partial charge in [0, 0.05) is 18.5 Å². The lowest BCUT2D eigenvalue weighted by atomic mass is 9.89.